The quantitative estimate of drug-likeness (QED) is 0.132. The number of thioether (sulfide) groups is 1. The standard InChI is InChI=1S/C30H24ClIN2O4S/c1-2-36-26-16-21(15-25(31)28(26)38-19-20-10-12-22(32)13-11-20)17-27-29(35)34(18-24-9-6-14-37-24)30(39-27)33-23-7-4-3-5-8-23/h3-17H,2,18-19H2,1H3/b27-17-,33-30?. The Bertz CT molecular complexity index is 1510. The molecule has 3 aromatic carbocycles. The van der Waals surface area contributed by atoms with Crippen molar-refractivity contribution in [2.45, 2.75) is 20.1 Å². The molecule has 1 saturated heterocycles. The lowest BCUT2D eigenvalue weighted by Gasteiger charge is -2.15. The van der Waals surface area contributed by atoms with Crippen molar-refractivity contribution in [3.63, 3.8) is 0 Å². The van der Waals surface area contributed by atoms with Gasteiger partial charge in [0, 0.05) is 3.57 Å². The van der Waals surface area contributed by atoms with Gasteiger partial charge in [-0.2, -0.15) is 0 Å². The van der Waals surface area contributed by atoms with Crippen LogP contribution in [0.4, 0.5) is 5.69 Å². The van der Waals surface area contributed by atoms with Crippen molar-refractivity contribution in [3.05, 3.63) is 116 Å². The molecule has 0 radical (unpaired) electrons. The van der Waals surface area contributed by atoms with Crippen molar-refractivity contribution >= 4 is 68.8 Å². The molecule has 0 N–H and O–H groups in total. The average molecular weight is 671 g/mol. The number of halogens is 2. The summed E-state index contributed by atoms with van der Waals surface area (Å²) in [5, 5.41) is 0.974. The molecule has 0 atom stereocenters. The van der Waals surface area contributed by atoms with Crippen LogP contribution in [-0.2, 0) is 17.9 Å². The van der Waals surface area contributed by atoms with Crippen LogP contribution in [0.2, 0.25) is 5.02 Å². The molecule has 9 heteroatoms. The van der Waals surface area contributed by atoms with E-state index in [1.165, 1.54) is 11.8 Å². The lowest BCUT2D eigenvalue weighted by Crippen LogP contribution is -2.28. The summed E-state index contributed by atoms with van der Waals surface area (Å²) < 4.78 is 18.6. The predicted molar refractivity (Wildman–Crippen MR) is 164 cm³/mol. The van der Waals surface area contributed by atoms with Gasteiger partial charge >= 0.3 is 0 Å². The number of carbonyl (C=O) groups excluding carboxylic acids is 1. The summed E-state index contributed by atoms with van der Waals surface area (Å²) in [6.45, 7) is 2.97. The van der Waals surface area contributed by atoms with Gasteiger partial charge in [0.1, 0.15) is 12.4 Å². The number of ether oxygens (including phenoxy) is 2. The van der Waals surface area contributed by atoms with E-state index in [0.29, 0.717) is 45.6 Å². The molecule has 1 amide bonds. The Morgan fingerprint density at radius 2 is 1.85 bits per heavy atom. The van der Waals surface area contributed by atoms with E-state index in [1.54, 1.807) is 29.4 Å². The first-order valence-corrected chi connectivity index (χ1v) is 14.5. The van der Waals surface area contributed by atoms with Gasteiger partial charge in [-0.1, -0.05) is 41.9 Å². The zero-order valence-electron chi connectivity index (χ0n) is 21.0. The summed E-state index contributed by atoms with van der Waals surface area (Å²) >= 11 is 10.2. The van der Waals surface area contributed by atoms with Gasteiger partial charge in [0.2, 0.25) is 0 Å². The lowest BCUT2D eigenvalue weighted by atomic mass is 10.1. The Kier molecular flexibility index (Phi) is 8.95. The van der Waals surface area contributed by atoms with Crippen molar-refractivity contribution in [1.29, 1.82) is 0 Å². The first-order chi connectivity index (χ1) is 19.0. The summed E-state index contributed by atoms with van der Waals surface area (Å²) in [6.07, 6.45) is 3.39. The molecule has 0 aliphatic carbocycles. The highest BCUT2D eigenvalue weighted by Crippen LogP contribution is 2.40. The molecule has 1 aliphatic heterocycles. The Morgan fingerprint density at radius 1 is 1.05 bits per heavy atom. The smallest absolute Gasteiger partial charge is 0.267 e. The second-order valence-electron chi connectivity index (χ2n) is 8.49. The van der Waals surface area contributed by atoms with Crippen molar-refractivity contribution in [1.82, 2.24) is 4.90 Å². The Morgan fingerprint density at radius 3 is 2.56 bits per heavy atom. The molecule has 0 bridgehead atoms. The number of para-hydroxylation sites is 1. The topological polar surface area (TPSA) is 64.3 Å². The SMILES string of the molecule is CCOc1cc(/C=C2\SC(=Nc3ccccc3)N(Cc3ccco3)C2=O)cc(Cl)c1OCc1ccc(I)cc1. The maximum Gasteiger partial charge on any atom is 0.267 e. The number of benzene rings is 3. The Hall–Kier alpha value is -3.21. The van der Waals surface area contributed by atoms with Crippen LogP contribution in [0.15, 0.2) is 99.4 Å². The van der Waals surface area contributed by atoms with Crippen LogP contribution in [0, 0.1) is 3.57 Å². The van der Waals surface area contributed by atoms with E-state index < -0.39 is 0 Å². The predicted octanol–water partition coefficient (Wildman–Crippen LogP) is 8.32. The molecule has 39 heavy (non-hydrogen) atoms. The molecule has 0 spiro atoms. The first kappa shape index (κ1) is 27.4. The molecular formula is C30H24ClIN2O4S. The van der Waals surface area contributed by atoms with Gasteiger partial charge in [0.25, 0.3) is 5.91 Å². The van der Waals surface area contributed by atoms with Crippen LogP contribution in [-0.4, -0.2) is 22.6 Å². The fraction of sp³-hybridized carbons (Fsp3) is 0.133. The molecule has 6 nitrogen and oxygen atoms in total. The lowest BCUT2D eigenvalue weighted by molar-refractivity contribution is -0.122. The third kappa shape index (κ3) is 6.87. The molecular weight excluding hydrogens is 647 g/mol. The van der Waals surface area contributed by atoms with E-state index in [9.17, 15) is 4.79 Å². The molecule has 1 aromatic heterocycles. The van der Waals surface area contributed by atoms with Crippen LogP contribution in [0.3, 0.4) is 0 Å². The van der Waals surface area contributed by atoms with Crippen LogP contribution in [0.25, 0.3) is 6.08 Å². The maximum absolute atomic E-state index is 13.5. The van der Waals surface area contributed by atoms with E-state index in [-0.39, 0.29) is 12.5 Å². The fourth-order valence-electron chi connectivity index (χ4n) is 3.86. The second-order valence-corrected chi connectivity index (χ2v) is 11.2. The Labute approximate surface area is 249 Å². The zero-order valence-corrected chi connectivity index (χ0v) is 24.7. The molecule has 1 aliphatic rings. The highest BCUT2D eigenvalue weighted by atomic mass is 127. The number of furan rings is 1. The zero-order chi connectivity index (χ0) is 27.2. The number of amidine groups is 1. The second kappa shape index (κ2) is 12.8. The molecule has 198 valence electrons. The fourth-order valence-corrected chi connectivity index (χ4v) is 5.50. The molecule has 1 fully saturated rings. The third-order valence-corrected chi connectivity index (χ3v) is 7.70. The third-order valence-electron chi connectivity index (χ3n) is 5.69. The summed E-state index contributed by atoms with van der Waals surface area (Å²) in [6, 6.07) is 24.9. The normalized spacial score (nSPS) is 15.4. The number of rotatable bonds is 9. The van der Waals surface area contributed by atoms with Crippen molar-refractivity contribution in [2.24, 2.45) is 4.99 Å². The van der Waals surface area contributed by atoms with Crippen molar-refractivity contribution < 1.29 is 18.7 Å². The minimum absolute atomic E-state index is 0.167. The first-order valence-electron chi connectivity index (χ1n) is 12.2. The molecule has 2 heterocycles. The van der Waals surface area contributed by atoms with E-state index >= 15 is 0 Å². The Balaban J connectivity index is 1.44. The number of hydrogen-bond acceptors (Lipinski definition) is 6. The number of aliphatic imine (C=N–C) groups is 1. The van der Waals surface area contributed by atoms with Gasteiger partial charge in [-0.05, 0) is 107 Å². The summed E-state index contributed by atoms with van der Waals surface area (Å²) in [5.41, 5.74) is 2.50. The molecule has 0 saturated carbocycles. The van der Waals surface area contributed by atoms with E-state index in [1.807, 2.05) is 73.7 Å². The number of amides is 1. The van der Waals surface area contributed by atoms with Crippen molar-refractivity contribution in [2.75, 3.05) is 6.61 Å². The van der Waals surface area contributed by atoms with Gasteiger partial charge in [-0.25, -0.2) is 4.99 Å². The largest absolute Gasteiger partial charge is 0.490 e. The van der Waals surface area contributed by atoms with Crippen molar-refractivity contribution in [3.8, 4) is 11.5 Å². The van der Waals surface area contributed by atoms with Gasteiger partial charge in [0.15, 0.2) is 16.7 Å². The maximum atomic E-state index is 13.5. The highest BCUT2D eigenvalue weighted by Gasteiger charge is 2.34. The number of hydrogen-bond donors (Lipinski definition) is 0. The molecule has 4 aromatic rings. The van der Waals surface area contributed by atoms with E-state index in [0.717, 1.165) is 20.4 Å². The summed E-state index contributed by atoms with van der Waals surface area (Å²) in [5.74, 6) is 1.49. The minimum Gasteiger partial charge on any atom is -0.490 e. The monoisotopic (exact) mass is 670 g/mol. The average Bonchev–Trinajstić information content (AvgIpc) is 3.54. The van der Waals surface area contributed by atoms with Gasteiger partial charge in [-0.3, -0.25) is 9.69 Å². The van der Waals surface area contributed by atoms with Crippen LogP contribution < -0.4 is 9.47 Å². The number of carbonyl (C=O) groups is 1. The van der Waals surface area contributed by atoms with Crippen LogP contribution >= 0.6 is 46.0 Å². The molecule has 0 unspecified atom stereocenters. The minimum atomic E-state index is -0.167. The van der Waals surface area contributed by atoms with Gasteiger partial charge in [0.05, 0.1) is 35.0 Å². The molecule has 5 rings (SSSR count). The summed E-state index contributed by atoms with van der Waals surface area (Å²) in [7, 11) is 0. The van der Waals surface area contributed by atoms with Gasteiger partial charge < -0.3 is 13.9 Å². The highest BCUT2D eigenvalue weighted by molar-refractivity contribution is 14.1. The van der Waals surface area contributed by atoms with E-state index in [4.69, 9.17) is 30.5 Å². The number of nitrogens with zero attached hydrogens (tertiary/aromatic N) is 2. The van der Waals surface area contributed by atoms with Crippen LogP contribution in [0.5, 0.6) is 11.5 Å². The van der Waals surface area contributed by atoms with Crippen LogP contribution in [0.1, 0.15) is 23.8 Å². The van der Waals surface area contributed by atoms with E-state index in [2.05, 4.69) is 22.6 Å². The van der Waals surface area contributed by atoms with Gasteiger partial charge in [-0.15, -0.1) is 0 Å². The summed E-state index contributed by atoms with van der Waals surface area (Å²) in [4.78, 5) is 20.4.